The van der Waals surface area contributed by atoms with Gasteiger partial charge >= 0.3 is 5.97 Å². The van der Waals surface area contributed by atoms with Gasteiger partial charge in [0, 0.05) is 30.8 Å². The largest absolute Gasteiger partial charge is 0.481 e. The molecular formula is C18H32N2O4. The van der Waals surface area contributed by atoms with Gasteiger partial charge < -0.3 is 15.7 Å². The van der Waals surface area contributed by atoms with Crippen LogP contribution in [0.25, 0.3) is 0 Å². The van der Waals surface area contributed by atoms with E-state index < -0.39 is 17.9 Å². The minimum Gasteiger partial charge on any atom is -0.481 e. The summed E-state index contributed by atoms with van der Waals surface area (Å²) in [5, 5.41) is 15.5. The molecule has 4 atom stereocenters. The normalized spacial score (nSPS) is 24.9. The standard InChI is InChI=1S/C18H32N2O4/c1-6-12(7-2)15(19-11(5)21)13-8-9-14(18(23)24)16(13)20-17(22)10(3)4/h10,12-16H,6-9H2,1-5H3,(H,19,21)(H,20,22)(H,23,24)/t13-,14+,15-,16+/m1/s1. The zero-order chi connectivity index (χ0) is 18.4. The molecule has 1 aliphatic rings. The van der Waals surface area contributed by atoms with Crippen LogP contribution in [0, 0.1) is 23.7 Å². The molecule has 0 saturated heterocycles. The lowest BCUT2D eigenvalue weighted by atomic mass is 9.80. The SMILES string of the molecule is CCC(CC)[C@@H](NC(C)=O)[C@H]1CC[C@H](C(=O)O)[C@H]1NC(=O)C(C)C. The van der Waals surface area contributed by atoms with E-state index in [1.54, 1.807) is 13.8 Å². The molecule has 0 aliphatic heterocycles. The number of hydrogen-bond acceptors (Lipinski definition) is 3. The molecule has 0 spiro atoms. The van der Waals surface area contributed by atoms with Crippen molar-refractivity contribution in [3.05, 3.63) is 0 Å². The quantitative estimate of drug-likeness (QED) is 0.631. The molecule has 0 aromatic rings. The molecule has 2 amide bonds. The Morgan fingerprint density at radius 3 is 2.12 bits per heavy atom. The summed E-state index contributed by atoms with van der Waals surface area (Å²) >= 11 is 0. The van der Waals surface area contributed by atoms with E-state index in [2.05, 4.69) is 24.5 Å². The number of amides is 2. The number of hydrogen-bond donors (Lipinski definition) is 3. The van der Waals surface area contributed by atoms with E-state index >= 15 is 0 Å². The second-order valence-corrected chi connectivity index (χ2v) is 7.18. The number of carbonyl (C=O) groups is 3. The van der Waals surface area contributed by atoms with Gasteiger partial charge in [-0.2, -0.15) is 0 Å². The van der Waals surface area contributed by atoms with Crippen LogP contribution >= 0.6 is 0 Å². The lowest BCUT2D eigenvalue weighted by Crippen LogP contribution is -2.54. The number of aliphatic carboxylic acids is 1. The highest BCUT2D eigenvalue weighted by Crippen LogP contribution is 2.37. The highest BCUT2D eigenvalue weighted by Gasteiger charge is 2.46. The van der Waals surface area contributed by atoms with E-state index in [1.807, 2.05) is 0 Å². The Balaban J connectivity index is 3.10. The van der Waals surface area contributed by atoms with Crippen molar-refractivity contribution in [2.75, 3.05) is 0 Å². The minimum absolute atomic E-state index is 0.0531. The van der Waals surface area contributed by atoms with Crippen LogP contribution in [0.3, 0.4) is 0 Å². The Hall–Kier alpha value is -1.59. The van der Waals surface area contributed by atoms with Gasteiger partial charge in [0.05, 0.1) is 5.92 Å². The van der Waals surface area contributed by atoms with Crippen molar-refractivity contribution in [1.82, 2.24) is 10.6 Å². The molecule has 1 rings (SSSR count). The van der Waals surface area contributed by atoms with E-state index in [0.29, 0.717) is 12.8 Å². The second kappa shape index (κ2) is 9.04. The molecule has 0 heterocycles. The van der Waals surface area contributed by atoms with Crippen LogP contribution in [0.15, 0.2) is 0 Å². The van der Waals surface area contributed by atoms with E-state index in [-0.39, 0.29) is 35.6 Å². The van der Waals surface area contributed by atoms with Crippen molar-refractivity contribution in [1.29, 1.82) is 0 Å². The van der Waals surface area contributed by atoms with Crippen molar-refractivity contribution in [2.24, 2.45) is 23.7 Å². The number of carbonyl (C=O) groups excluding carboxylic acids is 2. The van der Waals surface area contributed by atoms with Crippen molar-refractivity contribution in [3.8, 4) is 0 Å². The molecule has 24 heavy (non-hydrogen) atoms. The van der Waals surface area contributed by atoms with E-state index in [4.69, 9.17) is 0 Å². The van der Waals surface area contributed by atoms with E-state index in [1.165, 1.54) is 6.92 Å². The molecule has 0 aromatic carbocycles. The molecule has 1 aliphatic carbocycles. The van der Waals surface area contributed by atoms with Gasteiger partial charge in [-0.3, -0.25) is 14.4 Å². The van der Waals surface area contributed by atoms with E-state index in [9.17, 15) is 19.5 Å². The molecule has 6 heteroatoms. The van der Waals surface area contributed by atoms with Crippen LogP contribution < -0.4 is 10.6 Å². The predicted octanol–water partition coefficient (Wildman–Crippen LogP) is 2.18. The monoisotopic (exact) mass is 340 g/mol. The maximum Gasteiger partial charge on any atom is 0.308 e. The molecule has 0 aromatic heterocycles. The Morgan fingerprint density at radius 2 is 1.71 bits per heavy atom. The third-order valence-corrected chi connectivity index (χ3v) is 5.24. The molecule has 1 fully saturated rings. The fourth-order valence-corrected chi connectivity index (χ4v) is 3.85. The van der Waals surface area contributed by atoms with Gasteiger partial charge in [-0.1, -0.05) is 40.5 Å². The van der Waals surface area contributed by atoms with Gasteiger partial charge in [0.1, 0.15) is 0 Å². The Labute approximate surface area is 144 Å². The molecule has 3 N–H and O–H groups in total. The lowest BCUT2D eigenvalue weighted by Gasteiger charge is -2.36. The van der Waals surface area contributed by atoms with Gasteiger partial charge in [0.15, 0.2) is 0 Å². The predicted molar refractivity (Wildman–Crippen MR) is 92.3 cm³/mol. The first kappa shape index (κ1) is 20.5. The number of nitrogens with one attached hydrogen (secondary N) is 2. The fraction of sp³-hybridized carbons (Fsp3) is 0.833. The molecule has 1 saturated carbocycles. The van der Waals surface area contributed by atoms with Gasteiger partial charge in [-0.25, -0.2) is 0 Å². The third kappa shape index (κ3) is 4.95. The summed E-state index contributed by atoms with van der Waals surface area (Å²) in [5.41, 5.74) is 0. The summed E-state index contributed by atoms with van der Waals surface area (Å²) in [7, 11) is 0. The van der Waals surface area contributed by atoms with Gasteiger partial charge in [0.2, 0.25) is 11.8 Å². The van der Waals surface area contributed by atoms with Gasteiger partial charge in [-0.05, 0) is 18.8 Å². The topological polar surface area (TPSA) is 95.5 Å². The van der Waals surface area contributed by atoms with Crippen molar-refractivity contribution in [2.45, 2.75) is 72.4 Å². The molecule has 0 bridgehead atoms. The summed E-state index contributed by atoms with van der Waals surface area (Å²) in [6.07, 6.45) is 3.03. The van der Waals surface area contributed by atoms with Crippen LogP contribution in [0.4, 0.5) is 0 Å². The average molecular weight is 340 g/mol. The molecule has 0 radical (unpaired) electrons. The van der Waals surface area contributed by atoms with Crippen LogP contribution in [-0.2, 0) is 14.4 Å². The number of rotatable bonds is 8. The summed E-state index contributed by atoms with van der Waals surface area (Å²) < 4.78 is 0. The molecule has 138 valence electrons. The Morgan fingerprint density at radius 1 is 1.12 bits per heavy atom. The minimum atomic E-state index is -0.877. The van der Waals surface area contributed by atoms with Crippen LogP contribution in [0.1, 0.15) is 60.3 Å². The van der Waals surface area contributed by atoms with Gasteiger partial charge in [-0.15, -0.1) is 0 Å². The highest BCUT2D eigenvalue weighted by atomic mass is 16.4. The summed E-state index contributed by atoms with van der Waals surface area (Å²) in [5.74, 6) is -1.70. The maximum absolute atomic E-state index is 12.2. The zero-order valence-electron chi connectivity index (χ0n) is 15.5. The maximum atomic E-state index is 12.2. The smallest absolute Gasteiger partial charge is 0.308 e. The number of carboxylic acid groups (broad SMARTS) is 1. The summed E-state index contributed by atoms with van der Waals surface area (Å²) in [6, 6.07) is -0.547. The zero-order valence-corrected chi connectivity index (χ0v) is 15.5. The summed E-state index contributed by atoms with van der Waals surface area (Å²) in [6.45, 7) is 9.23. The molecule has 0 unspecified atom stereocenters. The van der Waals surface area contributed by atoms with Crippen LogP contribution in [0.2, 0.25) is 0 Å². The average Bonchev–Trinajstić information content (AvgIpc) is 2.90. The van der Waals surface area contributed by atoms with Crippen molar-refractivity contribution >= 4 is 17.8 Å². The van der Waals surface area contributed by atoms with Crippen LogP contribution in [-0.4, -0.2) is 35.0 Å². The third-order valence-electron chi connectivity index (χ3n) is 5.24. The number of carboxylic acids is 1. The molecular weight excluding hydrogens is 308 g/mol. The van der Waals surface area contributed by atoms with E-state index in [0.717, 1.165) is 12.8 Å². The summed E-state index contributed by atoms with van der Waals surface area (Å²) in [4.78, 5) is 35.5. The fourth-order valence-electron chi connectivity index (χ4n) is 3.85. The Bertz CT molecular complexity index is 460. The highest BCUT2D eigenvalue weighted by molar-refractivity contribution is 5.80. The van der Waals surface area contributed by atoms with Gasteiger partial charge in [0.25, 0.3) is 0 Å². The lowest BCUT2D eigenvalue weighted by molar-refractivity contribution is -0.142. The second-order valence-electron chi connectivity index (χ2n) is 7.18. The first-order valence-corrected chi connectivity index (χ1v) is 9.03. The van der Waals surface area contributed by atoms with Crippen molar-refractivity contribution in [3.63, 3.8) is 0 Å². The van der Waals surface area contributed by atoms with Crippen molar-refractivity contribution < 1.29 is 19.5 Å². The first-order valence-electron chi connectivity index (χ1n) is 9.03. The Kier molecular flexibility index (Phi) is 7.70. The first-order chi connectivity index (χ1) is 11.2. The molecule has 6 nitrogen and oxygen atoms in total. The van der Waals surface area contributed by atoms with Crippen LogP contribution in [0.5, 0.6) is 0 Å².